The number of ether oxygens (including phenoxy) is 2. The topological polar surface area (TPSA) is 90.3 Å². The van der Waals surface area contributed by atoms with Crippen molar-refractivity contribution in [2.45, 2.75) is 25.8 Å². The largest absolute Gasteiger partial charge is 0.493 e. The zero-order valence-electron chi connectivity index (χ0n) is 16.5. The second-order valence-corrected chi connectivity index (χ2v) is 6.58. The molecule has 0 saturated heterocycles. The number of rotatable bonds is 6. The highest BCUT2D eigenvalue weighted by atomic mass is 16.5. The number of anilines is 1. The Morgan fingerprint density at radius 2 is 1.69 bits per heavy atom. The van der Waals surface area contributed by atoms with Gasteiger partial charge in [-0.15, -0.1) is 0 Å². The van der Waals surface area contributed by atoms with Crippen LogP contribution in [0.2, 0.25) is 0 Å². The molecule has 1 atom stereocenters. The molecule has 8 nitrogen and oxygen atoms in total. The van der Waals surface area contributed by atoms with Crippen LogP contribution in [0.25, 0.3) is 11.6 Å². The van der Waals surface area contributed by atoms with Crippen LogP contribution in [-0.2, 0) is 0 Å². The first-order valence-corrected chi connectivity index (χ1v) is 9.37. The van der Waals surface area contributed by atoms with Crippen LogP contribution in [-0.4, -0.2) is 40.1 Å². The monoisotopic (exact) mass is 391 g/mol. The number of carbonyl (C=O) groups is 1. The van der Waals surface area contributed by atoms with E-state index in [1.807, 2.05) is 6.07 Å². The Labute approximate surface area is 168 Å². The summed E-state index contributed by atoms with van der Waals surface area (Å²) in [5.74, 6) is 2.30. The molecule has 0 radical (unpaired) electrons. The molecule has 3 heterocycles. The number of carbonyl (C=O) groups excluding carboxylic acids is 1. The highest BCUT2D eigenvalue weighted by Crippen LogP contribution is 2.44. The summed E-state index contributed by atoms with van der Waals surface area (Å²) in [6.45, 7) is 2.09. The van der Waals surface area contributed by atoms with E-state index in [2.05, 4.69) is 26.9 Å². The third kappa shape index (κ3) is 3.26. The molecule has 1 aliphatic rings. The highest BCUT2D eigenvalue weighted by molar-refractivity contribution is 6.11. The fraction of sp³-hybridized carbons (Fsp3) is 0.286. The van der Waals surface area contributed by atoms with Gasteiger partial charge >= 0.3 is 0 Å². The van der Waals surface area contributed by atoms with E-state index in [1.54, 1.807) is 55.9 Å². The van der Waals surface area contributed by atoms with Gasteiger partial charge in [-0.1, -0.05) is 13.3 Å². The maximum atomic E-state index is 13.3. The Morgan fingerprint density at radius 1 is 1.00 bits per heavy atom. The van der Waals surface area contributed by atoms with Crippen molar-refractivity contribution in [1.29, 1.82) is 0 Å². The number of nitrogens with zero attached hydrogens (tertiary/aromatic N) is 5. The van der Waals surface area contributed by atoms with Crippen molar-refractivity contribution in [3.63, 3.8) is 0 Å². The zero-order valence-corrected chi connectivity index (χ0v) is 16.5. The van der Waals surface area contributed by atoms with Gasteiger partial charge in [0.25, 0.3) is 5.91 Å². The molecule has 29 heavy (non-hydrogen) atoms. The second kappa shape index (κ2) is 7.83. The Bertz CT molecular complexity index is 1040. The molecule has 3 aromatic rings. The summed E-state index contributed by atoms with van der Waals surface area (Å²) in [5, 5.41) is 0. The first-order valence-electron chi connectivity index (χ1n) is 9.37. The average Bonchev–Trinajstić information content (AvgIpc) is 3.04. The van der Waals surface area contributed by atoms with E-state index < -0.39 is 0 Å². The van der Waals surface area contributed by atoms with Crippen LogP contribution >= 0.6 is 0 Å². The normalized spacial score (nSPS) is 15.3. The molecule has 8 heteroatoms. The first kappa shape index (κ1) is 18.8. The lowest BCUT2D eigenvalue weighted by Crippen LogP contribution is -2.28. The number of fused-ring (bicyclic) bond motifs is 1. The molecule has 0 unspecified atom stereocenters. The van der Waals surface area contributed by atoms with E-state index in [9.17, 15) is 4.79 Å². The minimum Gasteiger partial charge on any atom is -0.493 e. The lowest BCUT2D eigenvalue weighted by atomic mass is 10.00. The lowest BCUT2D eigenvalue weighted by molar-refractivity contribution is 0.0989. The van der Waals surface area contributed by atoms with Crippen LogP contribution in [0.4, 0.5) is 5.82 Å². The second-order valence-electron chi connectivity index (χ2n) is 6.58. The van der Waals surface area contributed by atoms with Gasteiger partial charge in [0.2, 0.25) is 0 Å². The van der Waals surface area contributed by atoms with Gasteiger partial charge in [0.1, 0.15) is 5.82 Å². The van der Waals surface area contributed by atoms with Gasteiger partial charge in [0.15, 0.2) is 23.1 Å². The molecule has 0 spiro atoms. The average molecular weight is 391 g/mol. The molecular formula is C21H21N5O3. The van der Waals surface area contributed by atoms with Gasteiger partial charge in [0, 0.05) is 24.2 Å². The molecule has 148 valence electrons. The van der Waals surface area contributed by atoms with Gasteiger partial charge in [-0.2, -0.15) is 0 Å². The molecule has 0 aliphatic carbocycles. The predicted molar refractivity (Wildman–Crippen MR) is 107 cm³/mol. The number of methoxy groups -OCH3 is 2. The van der Waals surface area contributed by atoms with E-state index in [0.717, 1.165) is 18.4 Å². The van der Waals surface area contributed by atoms with Gasteiger partial charge in [-0.05, 0) is 36.2 Å². The molecule has 1 aromatic carbocycles. The minimum atomic E-state index is -0.151. The summed E-state index contributed by atoms with van der Waals surface area (Å²) < 4.78 is 10.8. The third-order valence-electron chi connectivity index (χ3n) is 4.89. The summed E-state index contributed by atoms with van der Waals surface area (Å²) in [7, 11) is 3.14. The van der Waals surface area contributed by atoms with Crippen molar-refractivity contribution in [3.05, 3.63) is 54.0 Å². The maximum absolute atomic E-state index is 13.3. The predicted octanol–water partition coefficient (Wildman–Crippen LogP) is 3.45. The maximum Gasteiger partial charge on any atom is 0.260 e. The molecule has 4 rings (SSSR count). The van der Waals surface area contributed by atoms with Gasteiger partial charge in [-0.3, -0.25) is 9.69 Å². The number of hydrogen-bond donors (Lipinski definition) is 0. The van der Waals surface area contributed by atoms with Crippen LogP contribution in [0.1, 0.15) is 41.7 Å². The van der Waals surface area contributed by atoms with Crippen molar-refractivity contribution in [2.24, 2.45) is 0 Å². The number of amides is 1. The molecular weight excluding hydrogens is 370 g/mol. The molecule has 0 fully saturated rings. The number of hydrogen-bond acceptors (Lipinski definition) is 7. The van der Waals surface area contributed by atoms with E-state index in [4.69, 9.17) is 9.47 Å². The van der Waals surface area contributed by atoms with E-state index >= 15 is 0 Å². The molecule has 1 aliphatic heterocycles. The van der Waals surface area contributed by atoms with E-state index in [-0.39, 0.29) is 11.9 Å². The van der Waals surface area contributed by atoms with Gasteiger partial charge in [0.05, 0.1) is 20.3 Å². The van der Waals surface area contributed by atoms with Crippen LogP contribution in [0.3, 0.4) is 0 Å². The summed E-state index contributed by atoms with van der Waals surface area (Å²) in [4.78, 5) is 32.3. The van der Waals surface area contributed by atoms with Crippen molar-refractivity contribution in [1.82, 2.24) is 19.9 Å². The quantitative estimate of drug-likeness (QED) is 0.635. The zero-order chi connectivity index (χ0) is 20.4. The lowest BCUT2D eigenvalue weighted by Gasteiger charge is -2.24. The van der Waals surface area contributed by atoms with Crippen LogP contribution in [0, 0.1) is 0 Å². The summed E-state index contributed by atoms with van der Waals surface area (Å²) in [6.07, 6.45) is 6.58. The highest BCUT2D eigenvalue weighted by Gasteiger charge is 2.39. The Hall–Kier alpha value is -3.55. The molecule has 0 saturated carbocycles. The number of benzene rings is 1. The van der Waals surface area contributed by atoms with E-state index in [1.165, 1.54) is 0 Å². The Kier molecular flexibility index (Phi) is 5.07. The summed E-state index contributed by atoms with van der Waals surface area (Å²) >= 11 is 0. The molecule has 0 N–H and O–H groups in total. The Balaban J connectivity index is 1.80. The van der Waals surface area contributed by atoms with E-state index in [0.29, 0.717) is 34.5 Å². The minimum absolute atomic E-state index is 0.127. The first-order chi connectivity index (χ1) is 14.2. The van der Waals surface area contributed by atoms with Crippen molar-refractivity contribution in [3.8, 4) is 23.1 Å². The van der Waals surface area contributed by atoms with Crippen LogP contribution in [0.15, 0.2) is 42.9 Å². The Morgan fingerprint density at radius 3 is 2.38 bits per heavy atom. The molecule has 0 bridgehead atoms. The molecule has 1 amide bonds. The summed E-state index contributed by atoms with van der Waals surface area (Å²) in [6, 6.07) is 6.93. The SMILES string of the molecule is CCC[C@@H]1c2cc(OC)c(OC)cc2C(=O)N1c1ccnc(-c2ncccn2)n1. The van der Waals surface area contributed by atoms with Gasteiger partial charge < -0.3 is 9.47 Å². The van der Waals surface area contributed by atoms with Crippen molar-refractivity contribution < 1.29 is 14.3 Å². The van der Waals surface area contributed by atoms with Crippen molar-refractivity contribution >= 4 is 11.7 Å². The van der Waals surface area contributed by atoms with Crippen LogP contribution in [0.5, 0.6) is 11.5 Å². The standard InChI is InChI=1S/C21H21N5O3/c1-4-6-15-13-11-16(28-2)17(29-3)12-14(13)21(27)26(15)18-7-10-24-20(25-18)19-22-8-5-9-23-19/h5,7-12,15H,4,6H2,1-3H3/t15-/m1/s1. The summed E-state index contributed by atoms with van der Waals surface area (Å²) in [5.41, 5.74) is 1.50. The molecule has 2 aromatic heterocycles. The van der Waals surface area contributed by atoms with Crippen LogP contribution < -0.4 is 14.4 Å². The third-order valence-corrected chi connectivity index (χ3v) is 4.89. The fourth-order valence-electron chi connectivity index (χ4n) is 3.59. The fourth-order valence-corrected chi connectivity index (χ4v) is 3.59. The van der Waals surface area contributed by atoms with Gasteiger partial charge in [-0.25, -0.2) is 19.9 Å². The number of aromatic nitrogens is 4. The van der Waals surface area contributed by atoms with Crippen molar-refractivity contribution in [2.75, 3.05) is 19.1 Å². The smallest absolute Gasteiger partial charge is 0.260 e.